The molecule has 3 N–H and O–H groups in total. The van der Waals surface area contributed by atoms with Crippen LogP contribution in [-0.2, 0) is 6.42 Å². The van der Waals surface area contributed by atoms with Crippen molar-refractivity contribution in [3.8, 4) is 0 Å². The van der Waals surface area contributed by atoms with Crippen molar-refractivity contribution in [2.24, 2.45) is 5.73 Å². The van der Waals surface area contributed by atoms with Gasteiger partial charge in [-0.05, 0) is 44.0 Å². The van der Waals surface area contributed by atoms with E-state index in [4.69, 9.17) is 5.73 Å². The topological polar surface area (TPSA) is 63.8 Å². The molecule has 1 aliphatic heterocycles. The van der Waals surface area contributed by atoms with Gasteiger partial charge < -0.3 is 11.1 Å². The molecule has 0 spiro atoms. The minimum atomic E-state index is 0.618. The predicted octanol–water partition coefficient (Wildman–Crippen LogP) is 0.445. The summed E-state index contributed by atoms with van der Waals surface area (Å²) in [7, 11) is 0. The maximum absolute atomic E-state index is 5.45. The fraction of sp³-hybridized carbons (Fsp3) is 0.636. The Hall–Kier alpha value is -1.00. The van der Waals surface area contributed by atoms with Crippen LogP contribution in [0.25, 0.3) is 0 Å². The quantitative estimate of drug-likeness (QED) is 0.753. The molecular formula is C11H18N4. The second-order valence-electron chi connectivity index (χ2n) is 4.00. The molecule has 1 fully saturated rings. The summed E-state index contributed by atoms with van der Waals surface area (Å²) in [5, 5.41) is 3.36. The normalized spacial score (nSPS) is 17.9. The number of nitrogens with two attached hydrogens (primary N) is 1. The van der Waals surface area contributed by atoms with Gasteiger partial charge >= 0.3 is 0 Å². The van der Waals surface area contributed by atoms with Crippen molar-refractivity contribution >= 4 is 0 Å². The summed E-state index contributed by atoms with van der Waals surface area (Å²) in [4.78, 5) is 8.66. The monoisotopic (exact) mass is 206 g/mol. The third kappa shape index (κ3) is 2.73. The Kier molecular flexibility index (Phi) is 3.64. The van der Waals surface area contributed by atoms with Gasteiger partial charge in [0.2, 0.25) is 0 Å². The maximum atomic E-state index is 5.45. The van der Waals surface area contributed by atoms with Crippen LogP contribution in [0.3, 0.4) is 0 Å². The molecule has 0 saturated carbocycles. The standard InChI is InChI=1S/C11H18N4/c12-4-1-11-14-7-10(8-15-11)9-2-5-13-6-3-9/h7-9,13H,1-6,12H2. The van der Waals surface area contributed by atoms with E-state index in [1.165, 1.54) is 18.4 Å². The van der Waals surface area contributed by atoms with Crippen LogP contribution in [0.2, 0.25) is 0 Å². The minimum Gasteiger partial charge on any atom is -0.330 e. The Morgan fingerprint density at radius 1 is 1.27 bits per heavy atom. The number of hydrogen-bond donors (Lipinski definition) is 2. The van der Waals surface area contributed by atoms with E-state index in [-0.39, 0.29) is 0 Å². The summed E-state index contributed by atoms with van der Waals surface area (Å²) in [6.45, 7) is 2.83. The van der Waals surface area contributed by atoms with E-state index >= 15 is 0 Å². The largest absolute Gasteiger partial charge is 0.330 e. The number of nitrogens with one attached hydrogen (secondary N) is 1. The van der Waals surface area contributed by atoms with Crippen LogP contribution >= 0.6 is 0 Å². The first-order chi connectivity index (χ1) is 7.40. The first-order valence-corrected chi connectivity index (χ1v) is 5.62. The zero-order valence-corrected chi connectivity index (χ0v) is 8.95. The van der Waals surface area contributed by atoms with Crippen LogP contribution < -0.4 is 11.1 Å². The first-order valence-electron chi connectivity index (χ1n) is 5.62. The van der Waals surface area contributed by atoms with E-state index < -0.39 is 0 Å². The lowest BCUT2D eigenvalue weighted by molar-refractivity contribution is 0.458. The Labute approximate surface area is 90.3 Å². The van der Waals surface area contributed by atoms with Gasteiger partial charge in [0.15, 0.2) is 0 Å². The molecule has 0 atom stereocenters. The number of hydrogen-bond acceptors (Lipinski definition) is 4. The van der Waals surface area contributed by atoms with Crippen molar-refractivity contribution in [3.63, 3.8) is 0 Å². The lowest BCUT2D eigenvalue weighted by atomic mass is 9.92. The van der Waals surface area contributed by atoms with Gasteiger partial charge in [0.1, 0.15) is 5.82 Å². The van der Waals surface area contributed by atoms with Crippen LogP contribution in [-0.4, -0.2) is 29.6 Å². The van der Waals surface area contributed by atoms with Gasteiger partial charge in [0.05, 0.1) is 0 Å². The molecule has 1 aliphatic rings. The highest BCUT2D eigenvalue weighted by Gasteiger charge is 2.15. The van der Waals surface area contributed by atoms with E-state index in [9.17, 15) is 0 Å². The molecule has 0 unspecified atom stereocenters. The third-order valence-corrected chi connectivity index (χ3v) is 2.90. The summed E-state index contributed by atoms with van der Waals surface area (Å²) in [6.07, 6.45) is 7.09. The van der Waals surface area contributed by atoms with Crippen LogP contribution in [0.4, 0.5) is 0 Å². The van der Waals surface area contributed by atoms with Crippen molar-refractivity contribution in [2.45, 2.75) is 25.2 Å². The van der Waals surface area contributed by atoms with Gasteiger partial charge in [-0.15, -0.1) is 0 Å². The first kappa shape index (κ1) is 10.5. The summed E-state index contributed by atoms with van der Waals surface area (Å²) in [6, 6.07) is 0. The molecule has 1 aromatic rings. The van der Waals surface area contributed by atoms with Crippen molar-refractivity contribution in [2.75, 3.05) is 19.6 Å². The highest BCUT2D eigenvalue weighted by molar-refractivity contribution is 5.12. The van der Waals surface area contributed by atoms with Gasteiger partial charge in [-0.3, -0.25) is 0 Å². The fourth-order valence-electron chi connectivity index (χ4n) is 1.99. The molecule has 4 nitrogen and oxygen atoms in total. The zero-order valence-electron chi connectivity index (χ0n) is 8.95. The van der Waals surface area contributed by atoms with Gasteiger partial charge in [-0.25, -0.2) is 9.97 Å². The Morgan fingerprint density at radius 3 is 2.53 bits per heavy atom. The molecule has 0 bridgehead atoms. The van der Waals surface area contributed by atoms with E-state index in [0.29, 0.717) is 12.5 Å². The Bertz CT molecular complexity index is 290. The molecule has 0 amide bonds. The SMILES string of the molecule is NCCc1ncc(C2CCNCC2)cn1. The van der Waals surface area contributed by atoms with Crippen molar-refractivity contribution < 1.29 is 0 Å². The smallest absolute Gasteiger partial charge is 0.129 e. The highest BCUT2D eigenvalue weighted by Crippen LogP contribution is 2.23. The summed E-state index contributed by atoms with van der Waals surface area (Å²) in [5.41, 5.74) is 6.73. The number of aromatic nitrogens is 2. The maximum Gasteiger partial charge on any atom is 0.129 e. The van der Waals surface area contributed by atoms with Crippen molar-refractivity contribution in [1.29, 1.82) is 0 Å². The van der Waals surface area contributed by atoms with E-state index in [0.717, 1.165) is 25.3 Å². The third-order valence-electron chi connectivity index (χ3n) is 2.90. The molecule has 2 rings (SSSR count). The van der Waals surface area contributed by atoms with Crippen LogP contribution in [0, 0.1) is 0 Å². The van der Waals surface area contributed by atoms with Crippen LogP contribution in [0.5, 0.6) is 0 Å². The minimum absolute atomic E-state index is 0.618. The molecule has 1 aromatic heterocycles. The van der Waals surface area contributed by atoms with Crippen molar-refractivity contribution in [3.05, 3.63) is 23.8 Å². The molecule has 0 radical (unpaired) electrons. The Balaban J connectivity index is 2.02. The lowest BCUT2D eigenvalue weighted by Gasteiger charge is -2.22. The van der Waals surface area contributed by atoms with Gasteiger partial charge in [0.25, 0.3) is 0 Å². The average Bonchev–Trinajstić information content (AvgIpc) is 2.32. The fourth-order valence-corrected chi connectivity index (χ4v) is 1.99. The summed E-state index contributed by atoms with van der Waals surface area (Å²) < 4.78 is 0. The Morgan fingerprint density at radius 2 is 1.93 bits per heavy atom. The molecular weight excluding hydrogens is 188 g/mol. The molecule has 82 valence electrons. The summed E-state index contributed by atoms with van der Waals surface area (Å²) >= 11 is 0. The molecule has 4 heteroatoms. The molecule has 15 heavy (non-hydrogen) atoms. The zero-order chi connectivity index (χ0) is 10.5. The van der Waals surface area contributed by atoms with Crippen LogP contribution in [0.15, 0.2) is 12.4 Å². The van der Waals surface area contributed by atoms with Gasteiger partial charge in [-0.2, -0.15) is 0 Å². The van der Waals surface area contributed by atoms with E-state index in [1.54, 1.807) is 0 Å². The second kappa shape index (κ2) is 5.19. The lowest BCUT2D eigenvalue weighted by Crippen LogP contribution is -2.26. The van der Waals surface area contributed by atoms with Gasteiger partial charge in [0, 0.05) is 18.8 Å². The molecule has 2 heterocycles. The van der Waals surface area contributed by atoms with E-state index in [1.807, 2.05) is 12.4 Å². The number of piperidine rings is 1. The summed E-state index contributed by atoms with van der Waals surface area (Å²) in [5.74, 6) is 1.49. The van der Waals surface area contributed by atoms with Crippen molar-refractivity contribution in [1.82, 2.24) is 15.3 Å². The van der Waals surface area contributed by atoms with Crippen LogP contribution in [0.1, 0.15) is 30.1 Å². The van der Waals surface area contributed by atoms with Gasteiger partial charge in [-0.1, -0.05) is 0 Å². The second-order valence-corrected chi connectivity index (χ2v) is 4.00. The number of rotatable bonds is 3. The van der Waals surface area contributed by atoms with E-state index in [2.05, 4.69) is 15.3 Å². The predicted molar refractivity (Wildman–Crippen MR) is 59.6 cm³/mol. The molecule has 1 saturated heterocycles. The molecule has 0 aromatic carbocycles. The number of nitrogens with zero attached hydrogens (tertiary/aromatic N) is 2. The highest BCUT2D eigenvalue weighted by atomic mass is 14.9. The average molecular weight is 206 g/mol. The molecule has 0 aliphatic carbocycles.